The smallest absolute Gasteiger partial charge is 0.307 e. The standard InChI is InChI=1S/C27H28N2O5/c1-18-28-27(29-34-18)22-8-6-7-19(15-22)11-12-21(17-26(30)32-3)20-13-14-24(31-2)25(16-20)33-23-9-4-5-10-23/h6-8,13-16,21,23H,4-5,9-10,17H2,1-3H3/t21-/m0/s1. The number of carbonyl (C=O) groups is 1. The third kappa shape index (κ3) is 5.76. The molecule has 1 aliphatic rings. The molecule has 0 radical (unpaired) electrons. The van der Waals surface area contributed by atoms with Crippen molar-refractivity contribution < 1.29 is 23.5 Å². The van der Waals surface area contributed by atoms with Gasteiger partial charge < -0.3 is 18.7 Å². The van der Waals surface area contributed by atoms with Crippen molar-refractivity contribution in [3.63, 3.8) is 0 Å². The number of aryl methyl sites for hydroxylation is 1. The summed E-state index contributed by atoms with van der Waals surface area (Å²) >= 11 is 0. The number of methoxy groups -OCH3 is 2. The average molecular weight is 461 g/mol. The molecular formula is C27H28N2O5. The zero-order valence-corrected chi connectivity index (χ0v) is 19.7. The van der Waals surface area contributed by atoms with Crippen molar-refractivity contribution in [1.82, 2.24) is 10.1 Å². The van der Waals surface area contributed by atoms with Crippen molar-refractivity contribution in [3.8, 4) is 34.7 Å². The molecule has 3 aromatic rings. The van der Waals surface area contributed by atoms with Gasteiger partial charge in [0.15, 0.2) is 11.5 Å². The van der Waals surface area contributed by atoms with Crippen molar-refractivity contribution in [1.29, 1.82) is 0 Å². The first-order valence-electron chi connectivity index (χ1n) is 11.4. The van der Waals surface area contributed by atoms with E-state index in [0.717, 1.165) is 29.5 Å². The summed E-state index contributed by atoms with van der Waals surface area (Å²) in [6.45, 7) is 1.75. The molecule has 7 heteroatoms. The Morgan fingerprint density at radius 1 is 1.15 bits per heavy atom. The molecular weight excluding hydrogens is 432 g/mol. The molecule has 1 heterocycles. The van der Waals surface area contributed by atoms with Gasteiger partial charge in [-0.2, -0.15) is 4.98 Å². The topological polar surface area (TPSA) is 83.7 Å². The molecule has 0 bridgehead atoms. The molecule has 34 heavy (non-hydrogen) atoms. The molecule has 2 aromatic carbocycles. The van der Waals surface area contributed by atoms with Crippen LogP contribution in [0.5, 0.6) is 11.5 Å². The molecule has 176 valence electrons. The highest BCUT2D eigenvalue weighted by Crippen LogP contribution is 2.35. The number of benzene rings is 2. The number of rotatable bonds is 7. The van der Waals surface area contributed by atoms with Gasteiger partial charge >= 0.3 is 5.97 Å². The molecule has 0 saturated heterocycles. The Morgan fingerprint density at radius 2 is 1.97 bits per heavy atom. The van der Waals surface area contributed by atoms with Crippen molar-refractivity contribution in [2.75, 3.05) is 14.2 Å². The summed E-state index contributed by atoms with van der Waals surface area (Å²) in [6, 6.07) is 13.3. The molecule has 1 fully saturated rings. The Labute approximate surface area is 199 Å². The molecule has 4 rings (SSSR count). The van der Waals surface area contributed by atoms with E-state index in [9.17, 15) is 4.79 Å². The number of ether oxygens (including phenoxy) is 3. The first-order valence-corrected chi connectivity index (χ1v) is 11.4. The molecule has 1 aromatic heterocycles. The number of carbonyl (C=O) groups excluding carboxylic acids is 1. The van der Waals surface area contributed by atoms with Gasteiger partial charge in [-0.25, -0.2) is 0 Å². The molecule has 1 atom stereocenters. The number of hydrogen-bond acceptors (Lipinski definition) is 7. The van der Waals surface area contributed by atoms with Gasteiger partial charge in [-0.3, -0.25) is 4.79 Å². The third-order valence-electron chi connectivity index (χ3n) is 5.82. The lowest BCUT2D eigenvalue weighted by Gasteiger charge is -2.18. The van der Waals surface area contributed by atoms with Crippen LogP contribution in [-0.2, 0) is 9.53 Å². The van der Waals surface area contributed by atoms with Crippen LogP contribution in [0.1, 0.15) is 55.0 Å². The minimum absolute atomic E-state index is 0.127. The van der Waals surface area contributed by atoms with Crippen LogP contribution in [0.2, 0.25) is 0 Å². The van der Waals surface area contributed by atoms with E-state index in [1.165, 1.54) is 20.0 Å². The minimum Gasteiger partial charge on any atom is -0.493 e. The zero-order chi connectivity index (χ0) is 23.9. The van der Waals surface area contributed by atoms with Crippen LogP contribution < -0.4 is 9.47 Å². The monoisotopic (exact) mass is 460 g/mol. The Bertz CT molecular complexity index is 1200. The maximum absolute atomic E-state index is 12.2. The molecule has 0 N–H and O–H groups in total. The molecule has 1 aliphatic carbocycles. The largest absolute Gasteiger partial charge is 0.493 e. The Morgan fingerprint density at radius 3 is 2.68 bits per heavy atom. The van der Waals surface area contributed by atoms with Gasteiger partial charge in [-0.1, -0.05) is 35.2 Å². The summed E-state index contributed by atoms with van der Waals surface area (Å²) in [5.41, 5.74) is 2.47. The Balaban J connectivity index is 1.63. The first kappa shape index (κ1) is 23.4. The first-order chi connectivity index (χ1) is 16.6. The van der Waals surface area contributed by atoms with Crippen molar-refractivity contribution >= 4 is 5.97 Å². The summed E-state index contributed by atoms with van der Waals surface area (Å²) in [7, 11) is 3.01. The van der Waals surface area contributed by atoms with Crippen molar-refractivity contribution in [3.05, 3.63) is 59.5 Å². The quantitative estimate of drug-likeness (QED) is 0.359. The predicted molar refractivity (Wildman–Crippen MR) is 127 cm³/mol. The molecule has 0 unspecified atom stereocenters. The van der Waals surface area contributed by atoms with Crippen LogP contribution in [0.25, 0.3) is 11.4 Å². The summed E-state index contributed by atoms with van der Waals surface area (Å²) < 4.78 is 21.7. The fraction of sp³-hybridized carbons (Fsp3) is 0.370. The van der Waals surface area contributed by atoms with Crippen LogP contribution in [0.4, 0.5) is 0 Å². The van der Waals surface area contributed by atoms with Crippen LogP contribution in [0.3, 0.4) is 0 Å². The highest BCUT2D eigenvalue weighted by atomic mass is 16.5. The van der Waals surface area contributed by atoms with E-state index in [4.69, 9.17) is 18.7 Å². The number of aromatic nitrogens is 2. The molecule has 0 spiro atoms. The van der Waals surface area contributed by atoms with E-state index >= 15 is 0 Å². The fourth-order valence-electron chi connectivity index (χ4n) is 4.01. The summed E-state index contributed by atoms with van der Waals surface area (Å²) in [4.78, 5) is 16.4. The lowest BCUT2D eigenvalue weighted by Crippen LogP contribution is -2.12. The van der Waals surface area contributed by atoms with Gasteiger partial charge in [0.05, 0.1) is 32.7 Å². The second kappa shape index (κ2) is 10.9. The normalized spacial score (nSPS) is 14.2. The van der Waals surface area contributed by atoms with Gasteiger partial charge in [-0.05, 0) is 55.5 Å². The maximum Gasteiger partial charge on any atom is 0.307 e. The fourth-order valence-corrected chi connectivity index (χ4v) is 4.01. The van der Waals surface area contributed by atoms with Gasteiger partial charge in [0.1, 0.15) is 0 Å². The van der Waals surface area contributed by atoms with Crippen LogP contribution in [-0.4, -0.2) is 36.4 Å². The van der Waals surface area contributed by atoms with Crippen LogP contribution in [0.15, 0.2) is 47.0 Å². The number of esters is 1. The van der Waals surface area contributed by atoms with Crippen LogP contribution in [0, 0.1) is 18.8 Å². The molecule has 1 saturated carbocycles. The highest BCUT2D eigenvalue weighted by molar-refractivity contribution is 5.71. The van der Waals surface area contributed by atoms with Crippen molar-refractivity contribution in [2.24, 2.45) is 0 Å². The van der Waals surface area contributed by atoms with Gasteiger partial charge in [0.25, 0.3) is 0 Å². The van der Waals surface area contributed by atoms with Crippen LogP contribution >= 0.6 is 0 Å². The van der Waals surface area contributed by atoms with E-state index in [2.05, 4.69) is 22.0 Å². The van der Waals surface area contributed by atoms with Gasteiger partial charge in [-0.15, -0.1) is 0 Å². The Kier molecular flexibility index (Phi) is 7.48. The lowest BCUT2D eigenvalue weighted by atomic mass is 9.95. The summed E-state index contributed by atoms with van der Waals surface area (Å²) in [6.07, 6.45) is 4.73. The zero-order valence-electron chi connectivity index (χ0n) is 19.7. The Hall–Kier alpha value is -3.79. The molecule has 0 amide bonds. The predicted octanol–water partition coefficient (Wildman–Crippen LogP) is 5.07. The summed E-state index contributed by atoms with van der Waals surface area (Å²) in [5.74, 6) is 8.10. The van der Waals surface area contributed by atoms with Gasteiger partial charge in [0.2, 0.25) is 11.7 Å². The third-order valence-corrected chi connectivity index (χ3v) is 5.82. The summed E-state index contributed by atoms with van der Waals surface area (Å²) in [5, 5.41) is 3.97. The second-order valence-corrected chi connectivity index (χ2v) is 8.25. The minimum atomic E-state index is -0.375. The van der Waals surface area contributed by atoms with E-state index in [-0.39, 0.29) is 24.4 Å². The van der Waals surface area contributed by atoms with E-state index in [0.29, 0.717) is 23.2 Å². The van der Waals surface area contributed by atoms with E-state index in [1.807, 2.05) is 42.5 Å². The lowest BCUT2D eigenvalue weighted by molar-refractivity contribution is -0.140. The van der Waals surface area contributed by atoms with Crippen molar-refractivity contribution in [2.45, 2.75) is 51.0 Å². The highest BCUT2D eigenvalue weighted by Gasteiger charge is 2.21. The molecule has 7 nitrogen and oxygen atoms in total. The molecule has 0 aliphatic heterocycles. The second-order valence-electron chi connectivity index (χ2n) is 8.25. The maximum atomic E-state index is 12.2. The number of nitrogens with zero attached hydrogens (tertiary/aromatic N) is 2. The number of hydrogen-bond donors (Lipinski definition) is 0. The van der Waals surface area contributed by atoms with E-state index in [1.54, 1.807) is 14.0 Å². The van der Waals surface area contributed by atoms with E-state index < -0.39 is 0 Å². The SMILES string of the molecule is COC(=O)C[C@H](C#Cc1cccc(-c2noc(C)n2)c1)c1ccc(OC)c(OC2CCCC2)c1. The van der Waals surface area contributed by atoms with Gasteiger partial charge in [0, 0.05) is 18.1 Å². The average Bonchev–Trinajstić information content (AvgIpc) is 3.53.